The molecule has 1 amide bonds. The van der Waals surface area contributed by atoms with E-state index in [1.54, 1.807) is 12.1 Å². The van der Waals surface area contributed by atoms with Crippen molar-refractivity contribution >= 4 is 28.5 Å². The van der Waals surface area contributed by atoms with Crippen LogP contribution in [0.15, 0.2) is 36.4 Å². The zero-order chi connectivity index (χ0) is 17.1. The summed E-state index contributed by atoms with van der Waals surface area (Å²) in [5.41, 5.74) is 2.80. The van der Waals surface area contributed by atoms with Crippen molar-refractivity contribution in [2.75, 3.05) is 13.2 Å². The number of amides is 1. The minimum Gasteiger partial charge on any atom is -0.495 e. The Balaban J connectivity index is 1.75. The molecule has 0 spiro atoms. The number of hydrogen-bond donors (Lipinski definition) is 3. The number of fused-ring (bicyclic) bond motifs is 1. The number of ether oxygens (including phenoxy) is 1. The topological polar surface area (TPSA) is 87.2 Å². The Kier molecular flexibility index (Phi) is 4.57. The highest BCUT2D eigenvalue weighted by molar-refractivity contribution is 6.33. The van der Waals surface area contributed by atoms with Gasteiger partial charge >= 0.3 is 0 Å². The Morgan fingerprint density at radius 2 is 2.08 bits per heavy atom. The second-order valence-corrected chi connectivity index (χ2v) is 5.67. The summed E-state index contributed by atoms with van der Waals surface area (Å²) < 4.78 is 5.54. The number of rotatable bonds is 5. The van der Waals surface area contributed by atoms with Crippen molar-refractivity contribution < 1.29 is 14.6 Å². The highest BCUT2D eigenvalue weighted by Crippen LogP contribution is 2.31. The van der Waals surface area contributed by atoms with Gasteiger partial charge in [0.15, 0.2) is 5.88 Å². The first-order valence-corrected chi connectivity index (χ1v) is 7.76. The van der Waals surface area contributed by atoms with Gasteiger partial charge in [0.25, 0.3) is 0 Å². The first kappa shape index (κ1) is 16.1. The van der Waals surface area contributed by atoms with Gasteiger partial charge in [-0.15, -0.1) is 0 Å². The molecule has 2 heterocycles. The zero-order valence-electron chi connectivity index (χ0n) is 13.0. The van der Waals surface area contributed by atoms with Gasteiger partial charge in [-0.25, -0.2) is 4.98 Å². The van der Waals surface area contributed by atoms with Crippen LogP contribution in [0.25, 0.3) is 22.3 Å². The van der Waals surface area contributed by atoms with Gasteiger partial charge in [0.05, 0.1) is 28.3 Å². The van der Waals surface area contributed by atoms with Gasteiger partial charge in [-0.1, -0.05) is 11.6 Å². The minimum atomic E-state index is -0.0825. The van der Waals surface area contributed by atoms with Crippen molar-refractivity contribution in [3.05, 3.63) is 41.4 Å². The Labute approximate surface area is 143 Å². The molecule has 3 N–H and O–H groups in total. The summed E-state index contributed by atoms with van der Waals surface area (Å²) in [4.78, 5) is 18.0. The number of carbonyl (C=O) groups is 1. The Hall–Kier alpha value is -2.73. The molecule has 0 bridgehead atoms. The largest absolute Gasteiger partial charge is 0.495 e. The molecule has 0 aliphatic carbocycles. The van der Waals surface area contributed by atoms with Crippen LogP contribution in [0.4, 0.5) is 0 Å². The molecule has 2 aromatic heterocycles. The van der Waals surface area contributed by atoms with Crippen molar-refractivity contribution in [2.45, 2.75) is 6.92 Å². The van der Waals surface area contributed by atoms with E-state index in [-0.39, 0.29) is 11.8 Å². The van der Waals surface area contributed by atoms with E-state index in [2.05, 4.69) is 15.3 Å². The normalized spacial score (nSPS) is 10.8. The number of H-pyrrole nitrogens is 1. The lowest BCUT2D eigenvalue weighted by atomic mass is 10.1. The first-order chi connectivity index (χ1) is 11.5. The average molecular weight is 346 g/mol. The number of hydrogen-bond acceptors (Lipinski definition) is 4. The standard InChI is InChI=1S/C17H16ClN3O3/c1-10(22)19-6-7-24-12-4-2-11(3-5-12)17-13(18)8-14-15(21-17)9-16(23)20-14/h2-5,8-9,20,23H,6-7H2,1H3,(H,19,22). The summed E-state index contributed by atoms with van der Waals surface area (Å²) in [6, 6.07) is 10.6. The fourth-order valence-corrected chi connectivity index (χ4v) is 2.58. The van der Waals surface area contributed by atoms with Crippen LogP contribution < -0.4 is 10.1 Å². The van der Waals surface area contributed by atoms with Gasteiger partial charge in [0, 0.05) is 18.6 Å². The quantitative estimate of drug-likeness (QED) is 0.620. The molecule has 0 radical (unpaired) electrons. The fourth-order valence-electron chi connectivity index (χ4n) is 2.32. The molecule has 0 atom stereocenters. The van der Waals surface area contributed by atoms with Gasteiger partial charge in [0.1, 0.15) is 12.4 Å². The molecule has 7 heteroatoms. The Bertz CT molecular complexity index is 875. The summed E-state index contributed by atoms with van der Waals surface area (Å²) in [6.07, 6.45) is 0. The van der Waals surface area contributed by atoms with Crippen LogP contribution in [-0.2, 0) is 4.79 Å². The van der Waals surface area contributed by atoms with Crippen LogP contribution in [-0.4, -0.2) is 34.1 Å². The number of halogens is 1. The van der Waals surface area contributed by atoms with E-state index in [1.807, 2.05) is 24.3 Å². The number of nitrogens with zero attached hydrogens (tertiary/aromatic N) is 1. The zero-order valence-corrected chi connectivity index (χ0v) is 13.7. The van der Waals surface area contributed by atoms with E-state index in [0.717, 1.165) is 5.56 Å². The van der Waals surface area contributed by atoms with E-state index in [4.69, 9.17) is 16.3 Å². The van der Waals surface area contributed by atoms with Gasteiger partial charge in [-0.3, -0.25) is 4.79 Å². The van der Waals surface area contributed by atoms with Gasteiger partial charge in [0.2, 0.25) is 5.91 Å². The summed E-state index contributed by atoms with van der Waals surface area (Å²) in [7, 11) is 0. The summed E-state index contributed by atoms with van der Waals surface area (Å²) >= 11 is 6.28. The van der Waals surface area contributed by atoms with E-state index < -0.39 is 0 Å². The number of benzene rings is 1. The molecule has 124 valence electrons. The number of aromatic nitrogens is 2. The van der Waals surface area contributed by atoms with Crippen LogP contribution in [0.1, 0.15) is 6.92 Å². The van der Waals surface area contributed by atoms with Gasteiger partial charge in [-0.05, 0) is 30.3 Å². The van der Waals surface area contributed by atoms with E-state index in [0.29, 0.717) is 40.7 Å². The molecule has 24 heavy (non-hydrogen) atoms. The van der Waals surface area contributed by atoms with Crippen molar-refractivity contribution in [1.29, 1.82) is 0 Å². The van der Waals surface area contributed by atoms with Gasteiger partial charge < -0.3 is 20.1 Å². The lowest BCUT2D eigenvalue weighted by Crippen LogP contribution is -2.25. The monoisotopic (exact) mass is 345 g/mol. The predicted molar refractivity (Wildman–Crippen MR) is 92.4 cm³/mol. The number of aromatic amines is 1. The summed E-state index contributed by atoms with van der Waals surface area (Å²) in [5.74, 6) is 0.662. The molecule has 1 aromatic carbocycles. The Morgan fingerprint density at radius 3 is 2.79 bits per heavy atom. The molecule has 3 rings (SSSR count). The minimum absolute atomic E-state index is 0.0497. The molecular formula is C17H16ClN3O3. The maximum atomic E-state index is 10.8. The lowest BCUT2D eigenvalue weighted by molar-refractivity contribution is -0.119. The summed E-state index contributed by atoms with van der Waals surface area (Å²) in [5, 5.41) is 12.7. The van der Waals surface area contributed by atoms with Crippen molar-refractivity contribution in [2.24, 2.45) is 0 Å². The van der Waals surface area contributed by atoms with E-state index in [9.17, 15) is 9.90 Å². The highest BCUT2D eigenvalue weighted by Gasteiger charge is 2.10. The third-order valence-electron chi connectivity index (χ3n) is 3.41. The predicted octanol–water partition coefficient (Wildman–Crippen LogP) is 3.10. The first-order valence-electron chi connectivity index (χ1n) is 7.39. The van der Waals surface area contributed by atoms with Crippen LogP contribution >= 0.6 is 11.6 Å². The van der Waals surface area contributed by atoms with Crippen LogP contribution in [0.2, 0.25) is 5.02 Å². The molecule has 3 aromatic rings. The van der Waals surface area contributed by atoms with E-state index in [1.165, 1.54) is 6.92 Å². The molecule has 0 fully saturated rings. The molecule has 0 aliphatic heterocycles. The van der Waals surface area contributed by atoms with Crippen molar-refractivity contribution in [1.82, 2.24) is 15.3 Å². The number of nitrogens with one attached hydrogen (secondary N) is 2. The smallest absolute Gasteiger partial charge is 0.216 e. The van der Waals surface area contributed by atoms with Crippen molar-refractivity contribution in [3.8, 4) is 22.9 Å². The van der Waals surface area contributed by atoms with Crippen molar-refractivity contribution in [3.63, 3.8) is 0 Å². The van der Waals surface area contributed by atoms with Crippen LogP contribution in [0.3, 0.4) is 0 Å². The fraction of sp³-hybridized carbons (Fsp3) is 0.176. The molecule has 0 unspecified atom stereocenters. The maximum Gasteiger partial charge on any atom is 0.216 e. The second-order valence-electron chi connectivity index (χ2n) is 5.26. The highest BCUT2D eigenvalue weighted by atomic mass is 35.5. The lowest BCUT2D eigenvalue weighted by Gasteiger charge is -2.08. The van der Waals surface area contributed by atoms with Gasteiger partial charge in [-0.2, -0.15) is 0 Å². The van der Waals surface area contributed by atoms with Crippen LogP contribution in [0, 0.1) is 0 Å². The SMILES string of the molecule is CC(=O)NCCOc1ccc(-c2nc3cc(O)[nH]c3cc2Cl)cc1. The number of aromatic hydroxyl groups is 1. The van der Waals surface area contributed by atoms with E-state index >= 15 is 0 Å². The Morgan fingerprint density at radius 1 is 1.33 bits per heavy atom. The molecule has 0 aliphatic rings. The molecular weight excluding hydrogens is 330 g/mol. The molecule has 0 saturated heterocycles. The average Bonchev–Trinajstić information content (AvgIpc) is 2.90. The maximum absolute atomic E-state index is 10.8. The second kappa shape index (κ2) is 6.80. The third kappa shape index (κ3) is 3.60. The number of carbonyl (C=O) groups excluding carboxylic acids is 1. The van der Waals surface area contributed by atoms with Crippen LogP contribution in [0.5, 0.6) is 11.6 Å². The third-order valence-corrected chi connectivity index (χ3v) is 3.70. The molecule has 0 saturated carbocycles. The number of pyridine rings is 1. The molecule has 6 nitrogen and oxygen atoms in total. The summed E-state index contributed by atoms with van der Waals surface area (Å²) in [6.45, 7) is 2.32.